The highest BCUT2D eigenvalue weighted by molar-refractivity contribution is 9.09. The smallest absolute Gasteiger partial charge is 0.125 e. The average Bonchev–Trinajstić information content (AvgIpc) is 2.14. The Bertz CT molecular complexity index is 409. The Morgan fingerprint density at radius 3 is 2.62 bits per heavy atom. The molecule has 0 saturated heterocycles. The van der Waals surface area contributed by atoms with Crippen LogP contribution in [0.2, 0.25) is 0 Å². The first-order chi connectivity index (χ1) is 6.26. The summed E-state index contributed by atoms with van der Waals surface area (Å²) in [5, 5.41) is 9.07. The van der Waals surface area contributed by atoms with Gasteiger partial charge in [0, 0.05) is 5.56 Å². The van der Waals surface area contributed by atoms with Gasteiger partial charge in [0.2, 0.25) is 0 Å². The SMILES string of the molecule is N#Cc1cc(F)cc(C#CCBr)c1. The normalized spacial score (nSPS) is 8.38. The zero-order chi connectivity index (χ0) is 9.68. The molecule has 0 radical (unpaired) electrons. The van der Waals surface area contributed by atoms with Gasteiger partial charge in [0.15, 0.2) is 0 Å². The van der Waals surface area contributed by atoms with E-state index in [-0.39, 0.29) is 0 Å². The Balaban J connectivity index is 3.10. The van der Waals surface area contributed by atoms with Crippen LogP contribution < -0.4 is 0 Å². The number of halogens is 2. The number of hydrogen-bond acceptors (Lipinski definition) is 1. The Morgan fingerprint density at radius 2 is 2.00 bits per heavy atom. The van der Waals surface area contributed by atoms with Gasteiger partial charge in [-0.25, -0.2) is 4.39 Å². The van der Waals surface area contributed by atoms with E-state index in [1.807, 2.05) is 6.07 Å². The van der Waals surface area contributed by atoms with E-state index < -0.39 is 5.82 Å². The fourth-order valence-electron chi connectivity index (χ4n) is 0.862. The highest BCUT2D eigenvalue weighted by Crippen LogP contribution is 2.07. The van der Waals surface area contributed by atoms with Crippen molar-refractivity contribution in [3.63, 3.8) is 0 Å². The predicted molar refractivity (Wildman–Crippen MR) is 51.8 cm³/mol. The first-order valence-corrected chi connectivity index (χ1v) is 4.64. The molecule has 1 aromatic rings. The molecular weight excluding hydrogens is 233 g/mol. The van der Waals surface area contributed by atoms with Gasteiger partial charge in [0.25, 0.3) is 0 Å². The van der Waals surface area contributed by atoms with E-state index in [0.717, 1.165) is 0 Å². The molecule has 0 aliphatic rings. The van der Waals surface area contributed by atoms with Crippen molar-refractivity contribution < 1.29 is 4.39 Å². The van der Waals surface area contributed by atoms with E-state index in [0.29, 0.717) is 16.5 Å². The molecule has 0 aromatic heterocycles. The molecule has 0 aliphatic heterocycles. The maximum Gasteiger partial charge on any atom is 0.125 e. The molecule has 0 unspecified atom stereocenters. The summed E-state index contributed by atoms with van der Waals surface area (Å²) < 4.78 is 12.8. The van der Waals surface area contributed by atoms with Crippen LogP contribution in [0, 0.1) is 29.0 Å². The predicted octanol–water partition coefficient (Wildman–Crippen LogP) is 2.44. The highest BCUT2D eigenvalue weighted by Gasteiger charge is 1.97. The Hall–Kier alpha value is -1.32. The topological polar surface area (TPSA) is 23.8 Å². The van der Waals surface area contributed by atoms with Crippen LogP contribution in [0.25, 0.3) is 0 Å². The highest BCUT2D eigenvalue weighted by atomic mass is 79.9. The zero-order valence-electron chi connectivity index (χ0n) is 6.64. The number of alkyl halides is 1. The summed E-state index contributed by atoms with van der Waals surface area (Å²) in [6, 6.07) is 5.90. The van der Waals surface area contributed by atoms with Crippen molar-refractivity contribution in [2.75, 3.05) is 5.33 Å². The second kappa shape index (κ2) is 4.64. The van der Waals surface area contributed by atoms with Gasteiger partial charge < -0.3 is 0 Å². The van der Waals surface area contributed by atoms with Crippen molar-refractivity contribution in [3.8, 4) is 17.9 Å². The monoisotopic (exact) mass is 237 g/mol. The van der Waals surface area contributed by atoms with Crippen LogP contribution in [0.5, 0.6) is 0 Å². The minimum atomic E-state index is -0.432. The van der Waals surface area contributed by atoms with Gasteiger partial charge in [-0.3, -0.25) is 0 Å². The first-order valence-electron chi connectivity index (χ1n) is 3.52. The minimum absolute atomic E-state index is 0.291. The molecule has 1 aromatic carbocycles. The largest absolute Gasteiger partial charge is 0.207 e. The molecule has 0 amide bonds. The molecule has 0 spiro atoms. The molecule has 0 saturated carbocycles. The summed E-state index contributed by atoms with van der Waals surface area (Å²) in [6.07, 6.45) is 0. The lowest BCUT2D eigenvalue weighted by atomic mass is 10.1. The van der Waals surface area contributed by atoms with E-state index >= 15 is 0 Å². The molecule has 3 heteroatoms. The molecule has 1 nitrogen and oxygen atoms in total. The molecule has 0 atom stereocenters. The summed E-state index contributed by atoms with van der Waals surface area (Å²) in [6.45, 7) is 0. The summed E-state index contributed by atoms with van der Waals surface area (Å²) in [4.78, 5) is 0. The molecule has 0 N–H and O–H groups in total. The summed E-state index contributed by atoms with van der Waals surface area (Å²) in [7, 11) is 0. The van der Waals surface area contributed by atoms with Gasteiger partial charge in [-0.15, -0.1) is 0 Å². The zero-order valence-corrected chi connectivity index (χ0v) is 8.23. The average molecular weight is 238 g/mol. The van der Waals surface area contributed by atoms with Crippen molar-refractivity contribution >= 4 is 15.9 Å². The van der Waals surface area contributed by atoms with Crippen molar-refractivity contribution in [1.29, 1.82) is 5.26 Å². The Kier molecular flexibility index (Phi) is 3.49. The van der Waals surface area contributed by atoms with E-state index in [2.05, 4.69) is 27.8 Å². The third kappa shape index (κ3) is 2.89. The van der Waals surface area contributed by atoms with Crippen LogP contribution in [0.4, 0.5) is 4.39 Å². The maximum absolute atomic E-state index is 12.8. The van der Waals surface area contributed by atoms with Gasteiger partial charge in [-0.1, -0.05) is 27.8 Å². The van der Waals surface area contributed by atoms with E-state index in [4.69, 9.17) is 5.26 Å². The van der Waals surface area contributed by atoms with Gasteiger partial charge in [-0.05, 0) is 18.2 Å². The molecule has 0 fully saturated rings. The van der Waals surface area contributed by atoms with E-state index in [9.17, 15) is 4.39 Å². The summed E-state index contributed by atoms with van der Waals surface area (Å²) in [5.74, 6) is 5.02. The fraction of sp³-hybridized carbons (Fsp3) is 0.100. The maximum atomic E-state index is 12.8. The van der Waals surface area contributed by atoms with Crippen molar-refractivity contribution in [2.45, 2.75) is 0 Å². The molecule has 1 rings (SSSR count). The summed E-state index contributed by atoms with van der Waals surface area (Å²) >= 11 is 3.13. The first kappa shape index (κ1) is 9.77. The lowest BCUT2D eigenvalue weighted by Gasteiger charge is -1.92. The van der Waals surface area contributed by atoms with Crippen LogP contribution in [-0.4, -0.2) is 5.33 Å². The van der Waals surface area contributed by atoms with Crippen molar-refractivity contribution in [2.24, 2.45) is 0 Å². The number of nitriles is 1. The van der Waals surface area contributed by atoms with Crippen LogP contribution in [-0.2, 0) is 0 Å². The number of hydrogen-bond donors (Lipinski definition) is 0. The summed E-state index contributed by atoms with van der Waals surface area (Å²) in [5.41, 5.74) is 0.815. The molecule has 0 bridgehead atoms. The second-order valence-corrected chi connectivity index (χ2v) is 2.84. The van der Waals surface area contributed by atoms with Gasteiger partial charge in [-0.2, -0.15) is 5.26 Å². The van der Waals surface area contributed by atoms with Crippen LogP contribution in [0.3, 0.4) is 0 Å². The van der Waals surface area contributed by atoms with E-state index in [1.165, 1.54) is 12.1 Å². The van der Waals surface area contributed by atoms with Gasteiger partial charge in [0.1, 0.15) is 5.82 Å². The van der Waals surface area contributed by atoms with Crippen LogP contribution in [0.1, 0.15) is 11.1 Å². The fourth-order valence-corrected chi connectivity index (χ4v) is 1.00. The quantitative estimate of drug-likeness (QED) is 0.503. The van der Waals surface area contributed by atoms with E-state index in [1.54, 1.807) is 6.07 Å². The molecule has 13 heavy (non-hydrogen) atoms. The molecular formula is C10H5BrFN. The number of rotatable bonds is 0. The van der Waals surface area contributed by atoms with Crippen LogP contribution in [0.15, 0.2) is 18.2 Å². The number of nitrogens with zero attached hydrogens (tertiary/aromatic N) is 1. The lowest BCUT2D eigenvalue weighted by molar-refractivity contribution is 0.627. The standard InChI is InChI=1S/C10H5BrFN/c11-3-1-2-8-4-9(7-13)6-10(12)5-8/h4-6H,3H2. The Labute approximate surface area is 84.3 Å². The van der Waals surface area contributed by atoms with Gasteiger partial charge in [0.05, 0.1) is 17.0 Å². The molecule has 0 aliphatic carbocycles. The second-order valence-electron chi connectivity index (χ2n) is 2.28. The molecule has 64 valence electrons. The van der Waals surface area contributed by atoms with Crippen molar-refractivity contribution in [1.82, 2.24) is 0 Å². The molecule has 0 heterocycles. The van der Waals surface area contributed by atoms with Crippen LogP contribution >= 0.6 is 15.9 Å². The Morgan fingerprint density at radius 1 is 1.31 bits per heavy atom. The third-order valence-corrected chi connectivity index (χ3v) is 1.61. The van der Waals surface area contributed by atoms with Gasteiger partial charge >= 0.3 is 0 Å². The lowest BCUT2D eigenvalue weighted by Crippen LogP contribution is -1.83. The van der Waals surface area contributed by atoms with Crippen molar-refractivity contribution in [3.05, 3.63) is 35.1 Å². The number of benzene rings is 1. The minimum Gasteiger partial charge on any atom is -0.207 e. The third-order valence-electron chi connectivity index (χ3n) is 1.33.